The standard InChI is InChI=1S/C35H41N7O3/c1-2-45-30-18-31(34-29(20-36)22-38-42(34)23-30)28-8-9-32(37-21-28)41-16-12-35(13-17-41,19-26-6-4-3-5-7-26)39-33(44)24-40-14-10-27(25-43)11-15-40/h3-9,18,21-23,27,43H,2,10-17,19,24-25H2,1H3,(H,39,44). The number of hydrogen-bond donors (Lipinski definition) is 2. The van der Waals surface area contributed by atoms with Gasteiger partial charge in [0.2, 0.25) is 5.91 Å². The fraction of sp³-hybridized carbons (Fsp3) is 0.429. The monoisotopic (exact) mass is 607 g/mol. The van der Waals surface area contributed by atoms with Crippen molar-refractivity contribution in [1.29, 1.82) is 5.26 Å². The Morgan fingerprint density at radius 3 is 2.56 bits per heavy atom. The van der Waals surface area contributed by atoms with E-state index in [1.54, 1.807) is 16.9 Å². The van der Waals surface area contributed by atoms with E-state index in [4.69, 9.17) is 9.72 Å². The zero-order chi connectivity index (χ0) is 31.2. The van der Waals surface area contributed by atoms with Crippen LogP contribution in [0.4, 0.5) is 5.82 Å². The van der Waals surface area contributed by atoms with Crippen LogP contribution in [0.5, 0.6) is 5.75 Å². The van der Waals surface area contributed by atoms with Gasteiger partial charge in [0.25, 0.3) is 0 Å². The molecular weight excluding hydrogens is 566 g/mol. The molecule has 5 heterocycles. The highest BCUT2D eigenvalue weighted by molar-refractivity contribution is 5.85. The van der Waals surface area contributed by atoms with E-state index < -0.39 is 0 Å². The summed E-state index contributed by atoms with van der Waals surface area (Å²) in [6.45, 7) is 6.32. The molecule has 0 radical (unpaired) electrons. The maximum absolute atomic E-state index is 13.4. The number of fused-ring (bicyclic) bond motifs is 1. The van der Waals surface area contributed by atoms with Gasteiger partial charge in [-0.3, -0.25) is 9.69 Å². The van der Waals surface area contributed by atoms with Gasteiger partial charge in [-0.2, -0.15) is 10.4 Å². The van der Waals surface area contributed by atoms with Crippen molar-refractivity contribution < 1.29 is 14.6 Å². The maximum atomic E-state index is 13.4. The summed E-state index contributed by atoms with van der Waals surface area (Å²) in [5, 5.41) is 27.0. The van der Waals surface area contributed by atoms with E-state index in [1.807, 2.05) is 37.4 Å². The summed E-state index contributed by atoms with van der Waals surface area (Å²) in [4.78, 5) is 22.7. The number of benzene rings is 1. The molecular formula is C35H41N7O3. The smallest absolute Gasteiger partial charge is 0.234 e. The Labute approximate surface area is 264 Å². The normalized spacial score (nSPS) is 17.2. The number of aromatic nitrogens is 3. The van der Waals surface area contributed by atoms with Gasteiger partial charge in [0, 0.05) is 42.6 Å². The summed E-state index contributed by atoms with van der Waals surface area (Å²) >= 11 is 0. The van der Waals surface area contributed by atoms with Crippen molar-refractivity contribution in [2.75, 3.05) is 50.8 Å². The molecule has 45 heavy (non-hydrogen) atoms. The van der Waals surface area contributed by atoms with Crippen LogP contribution < -0.4 is 15.0 Å². The number of pyridine rings is 2. The molecule has 0 bridgehead atoms. The molecule has 0 aliphatic carbocycles. The van der Waals surface area contributed by atoms with E-state index in [9.17, 15) is 15.2 Å². The second kappa shape index (κ2) is 13.7. The molecule has 6 rings (SSSR count). The van der Waals surface area contributed by atoms with Crippen LogP contribution in [0, 0.1) is 17.2 Å². The van der Waals surface area contributed by atoms with E-state index in [-0.39, 0.29) is 18.1 Å². The number of amides is 1. The third-order valence-electron chi connectivity index (χ3n) is 9.24. The number of carbonyl (C=O) groups is 1. The second-order valence-corrected chi connectivity index (χ2v) is 12.3. The number of carbonyl (C=O) groups excluding carboxylic acids is 1. The number of hydrogen-bond acceptors (Lipinski definition) is 8. The van der Waals surface area contributed by atoms with Gasteiger partial charge in [-0.25, -0.2) is 9.50 Å². The van der Waals surface area contributed by atoms with E-state index in [0.717, 1.165) is 80.7 Å². The van der Waals surface area contributed by atoms with Crippen molar-refractivity contribution in [3.05, 3.63) is 78.2 Å². The Balaban J connectivity index is 1.17. The van der Waals surface area contributed by atoms with Gasteiger partial charge >= 0.3 is 0 Å². The number of ether oxygens (including phenoxy) is 1. The van der Waals surface area contributed by atoms with Crippen molar-refractivity contribution in [3.8, 4) is 22.9 Å². The molecule has 2 aliphatic rings. The lowest BCUT2D eigenvalue weighted by Crippen LogP contribution is -2.58. The SMILES string of the molecule is CCOc1cc(-c2ccc(N3CCC(Cc4ccccc4)(NC(=O)CN4CCC(CO)CC4)CC3)nc2)c2c(C#N)cnn2c1. The van der Waals surface area contributed by atoms with E-state index in [0.29, 0.717) is 30.4 Å². The highest BCUT2D eigenvalue weighted by Gasteiger charge is 2.37. The first kappa shape index (κ1) is 30.6. The second-order valence-electron chi connectivity index (χ2n) is 12.3. The molecule has 2 aliphatic heterocycles. The molecule has 10 nitrogen and oxygen atoms in total. The molecule has 1 amide bonds. The zero-order valence-corrected chi connectivity index (χ0v) is 25.9. The minimum atomic E-state index is -0.334. The van der Waals surface area contributed by atoms with Crippen molar-refractivity contribution in [3.63, 3.8) is 0 Å². The lowest BCUT2D eigenvalue weighted by atomic mass is 9.81. The van der Waals surface area contributed by atoms with Gasteiger partial charge in [0.15, 0.2) is 0 Å². The van der Waals surface area contributed by atoms with Crippen LogP contribution in [-0.4, -0.2) is 82.0 Å². The number of aliphatic hydroxyl groups excluding tert-OH is 1. The molecule has 2 fully saturated rings. The highest BCUT2D eigenvalue weighted by atomic mass is 16.5. The minimum absolute atomic E-state index is 0.0708. The third kappa shape index (κ3) is 6.95. The fourth-order valence-electron chi connectivity index (χ4n) is 6.74. The topological polar surface area (TPSA) is 119 Å². The summed E-state index contributed by atoms with van der Waals surface area (Å²) in [7, 11) is 0. The molecule has 2 N–H and O–H groups in total. The lowest BCUT2D eigenvalue weighted by molar-refractivity contribution is -0.124. The quantitative estimate of drug-likeness (QED) is 0.277. The first-order chi connectivity index (χ1) is 22.0. The third-order valence-corrected chi connectivity index (χ3v) is 9.24. The molecule has 10 heteroatoms. The molecule has 0 unspecified atom stereocenters. The largest absolute Gasteiger partial charge is 0.492 e. The molecule has 2 saturated heterocycles. The summed E-state index contributed by atoms with van der Waals surface area (Å²) in [5.74, 6) is 1.99. The van der Waals surface area contributed by atoms with Gasteiger partial charge in [0.05, 0.1) is 36.6 Å². The molecule has 0 atom stereocenters. The lowest BCUT2D eigenvalue weighted by Gasteiger charge is -2.43. The Bertz CT molecular complexity index is 1630. The molecule has 4 aromatic rings. The van der Waals surface area contributed by atoms with Gasteiger partial charge in [-0.05, 0) is 81.8 Å². The average molecular weight is 608 g/mol. The van der Waals surface area contributed by atoms with Crippen LogP contribution in [0.15, 0.2) is 67.1 Å². The number of nitriles is 1. The van der Waals surface area contributed by atoms with E-state index >= 15 is 0 Å². The number of aliphatic hydroxyl groups is 1. The van der Waals surface area contributed by atoms with Crippen molar-refractivity contribution >= 4 is 17.2 Å². The summed E-state index contributed by atoms with van der Waals surface area (Å²) in [6.07, 6.45) is 9.48. The highest BCUT2D eigenvalue weighted by Crippen LogP contribution is 2.33. The first-order valence-corrected chi connectivity index (χ1v) is 15.9. The van der Waals surface area contributed by atoms with Crippen molar-refractivity contribution in [2.45, 2.75) is 44.6 Å². The van der Waals surface area contributed by atoms with Crippen LogP contribution in [0.1, 0.15) is 43.7 Å². The van der Waals surface area contributed by atoms with Gasteiger partial charge in [0.1, 0.15) is 17.6 Å². The van der Waals surface area contributed by atoms with Crippen LogP contribution in [0.3, 0.4) is 0 Å². The number of nitrogens with one attached hydrogen (secondary N) is 1. The number of piperidine rings is 2. The predicted octanol–water partition coefficient (Wildman–Crippen LogP) is 4.07. The molecule has 1 aromatic carbocycles. The zero-order valence-electron chi connectivity index (χ0n) is 25.9. The van der Waals surface area contributed by atoms with Gasteiger partial charge < -0.3 is 20.1 Å². The Morgan fingerprint density at radius 2 is 1.89 bits per heavy atom. The Hall–Kier alpha value is -4.46. The van der Waals surface area contributed by atoms with Crippen molar-refractivity contribution in [2.24, 2.45) is 5.92 Å². The predicted molar refractivity (Wildman–Crippen MR) is 173 cm³/mol. The van der Waals surface area contributed by atoms with Crippen LogP contribution >= 0.6 is 0 Å². The van der Waals surface area contributed by atoms with Crippen LogP contribution in [0.25, 0.3) is 16.6 Å². The molecule has 0 saturated carbocycles. The van der Waals surface area contributed by atoms with Crippen LogP contribution in [-0.2, 0) is 11.2 Å². The summed E-state index contributed by atoms with van der Waals surface area (Å²) < 4.78 is 7.45. The fourth-order valence-corrected chi connectivity index (χ4v) is 6.74. The number of nitrogens with zero attached hydrogens (tertiary/aromatic N) is 6. The Morgan fingerprint density at radius 1 is 1.11 bits per heavy atom. The minimum Gasteiger partial charge on any atom is -0.492 e. The molecule has 0 spiro atoms. The summed E-state index contributed by atoms with van der Waals surface area (Å²) in [6, 6.07) is 18.6. The molecule has 3 aromatic heterocycles. The van der Waals surface area contributed by atoms with Crippen LogP contribution in [0.2, 0.25) is 0 Å². The molecule has 234 valence electrons. The first-order valence-electron chi connectivity index (χ1n) is 15.9. The number of likely N-dealkylation sites (tertiary alicyclic amines) is 1. The maximum Gasteiger partial charge on any atom is 0.234 e. The van der Waals surface area contributed by atoms with E-state index in [2.05, 4.69) is 50.5 Å². The summed E-state index contributed by atoms with van der Waals surface area (Å²) in [5.41, 5.74) is 3.84. The Kier molecular flexibility index (Phi) is 9.29. The van der Waals surface area contributed by atoms with E-state index in [1.165, 1.54) is 5.56 Å². The van der Waals surface area contributed by atoms with Gasteiger partial charge in [-0.1, -0.05) is 30.3 Å². The van der Waals surface area contributed by atoms with Crippen molar-refractivity contribution in [1.82, 2.24) is 24.8 Å². The average Bonchev–Trinajstić information content (AvgIpc) is 3.49. The number of rotatable bonds is 10. The number of anilines is 1. The van der Waals surface area contributed by atoms with Gasteiger partial charge in [-0.15, -0.1) is 0 Å².